The summed E-state index contributed by atoms with van der Waals surface area (Å²) in [6, 6.07) is 2.20. The largest absolute Gasteiger partial charge is 0.489 e. The second-order valence-electron chi connectivity index (χ2n) is 7.93. The van der Waals surface area contributed by atoms with Crippen LogP contribution in [-0.4, -0.2) is 42.7 Å². The van der Waals surface area contributed by atoms with Crippen LogP contribution in [0, 0.1) is 18.2 Å². The molecule has 1 amide bonds. The lowest BCUT2D eigenvalue weighted by Crippen LogP contribution is -2.51. The first-order valence-corrected chi connectivity index (χ1v) is 9.17. The van der Waals surface area contributed by atoms with Gasteiger partial charge in [0, 0.05) is 17.2 Å². The van der Waals surface area contributed by atoms with Gasteiger partial charge in [0.25, 0.3) is 5.91 Å². The fourth-order valence-electron chi connectivity index (χ4n) is 3.66. The van der Waals surface area contributed by atoms with Crippen molar-refractivity contribution in [1.82, 2.24) is 10.2 Å². The Labute approximate surface area is 163 Å². The van der Waals surface area contributed by atoms with Crippen molar-refractivity contribution in [3.05, 3.63) is 34.9 Å². The van der Waals surface area contributed by atoms with Gasteiger partial charge in [-0.1, -0.05) is 5.92 Å². The molecule has 0 saturated heterocycles. The number of azo groups is 1. The van der Waals surface area contributed by atoms with Crippen LogP contribution in [0.25, 0.3) is 0 Å². The smallest absolute Gasteiger partial charge is 0.255 e. The minimum atomic E-state index is -0.805. The number of terminal acetylenes is 1. The molecule has 1 aromatic rings. The van der Waals surface area contributed by atoms with Crippen molar-refractivity contribution < 1.29 is 13.9 Å². The molecule has 7 nitrogen and oxygen atoms in total. The molecule has 3 aliphatic rings. The molecule has 0 aromatic heterocycles. The summed E-state index contributed by atoms with van der Waals surface area (Å²) >= 11 is 0. The fourth-order valence-corrected chi connectivity index (χ4v) is 3.66. The maximum Gasteiger partial charge on any atom is 0.255 e. The molecule has 28 heavy (non-hydrogen) atoms. The standard InChI is InChI=1S/C20H22FN5O2/c1-5-6-25-7-8-28-15-10-13(21)12(9-14(15)25)17-16-18(24-23-17)26(20(2,3)4)11-22-19(16)27/h1,9-10,17H,6-8,11H2,2-4H3,(H,22,27). The Bertz CT molecular complexity index is 941. The highest BCUT2D eigenvalue weighted by Crippen LogP contribution is 2.43. The van der Waals surface area contributed by atoms with E-state index in [4.69, 9.17) is 11.2 Å². The summed E-state index contributed by atoms with van der Waals surface area (Å²) in [6.45, 7) is 7.84. The van der Waals surface area contributed by atoms with Gasteiger partial charge in [0.1, 0.15) is 24.2 Å². The molecule has 1 N–H and O–H groups in total. The van der Waals surface area contributed by atoms with Gasteiger partial charge in [0.2, 0.25) is 0 Å². The normalized spacial score (nSPS) is 21.1. The molecule has 1 aromatic carbocycles. The first kappa shape index (κ1) is 18.3. The Morgan fingerprint density at radius 1 is 1.43 bits per heavy atom. The number of hydrogen-bond donors (Lipinski definition) is 1. The average molecular weight is 383 g/mol. The summed E-state index contributed by atoms with van der Waals surface area (Å²) in [7, 11) is 0. The van der Waals surface area contributed by atoms with Gasteiger partial charge in [0.15, 0.2) is 5.82 Å². The van der Waals surface area contributed by atoms with Gasteiger partial charge in [-0.3, -0.25) is 4.79 Å². The number of carbonyl (C=O) groups is 1. The number of hydrogen-bond acceptors (Lipinski definition) is 6. The van der Waals surface area contributed by atoms with Crippen molar-refractivity contribution in [2.75, 3.05) is 31.3 Å². The molecular weight excluding hydrogens is 361 g/mol. The lowest BCUT2D eigenvalue weighted by atomic mass is 9.95. The molecule has 0 radical (unpaired) electrons. The van der Waals surface area contributed by atoms with Gasteiger partial charge in [-0.25, -0.2) is 4.39 Å². The molecule has 3 aliphatic heterocycles. The summed E-state index contributed by atoms with van der Waals surface area (Å²) in [4.78, 5) is 16.5. The summed E-state index contributed by atoms with van der Waals surface area (Å²) in [6.07, 6.45) is 5.46. The van der Waals surface area contributed by atoms with E-state index >= 15 is 0 Å². The first-order valence-electron chi connectivity index (χ1n) is 9.17. The van der Waals surface area contributed by atoms with Crippen LogP contribution in [-0.2, 0) is 4.79 Å². The van der Waals surface area contributed by atoms with Crippen molar-refractivity contribution in [3.8, 4) is 18.1 Å². The Hall–Kier alpha value is -3.08. The molecular formula is C20H22FN5O2. The van der Waals surface area contributed by atoms with E-state index in [1.54, 1.807) is 6.07 Å². The van der Waals surface area contributed by atoms with E-state index in [0.29, 0.717) is 49.2 Å². The molecule has 0 fully saturated rings. The summed E-state index contributed by atoms with van der Waals surface area (Å²) in [5, 5.41) is 11.3. The van der Waals surface area contributed by atoms with Crippen LogP contribution in [0.3, 0.4) is 0 Å². The molecule has 0 aliphatic carbocycles. The van der Waals surface area contributed by atoms with Gasteiger partial charge in [-0.05, 0) is 26.8 Å². The Morgan fingerprint density at radius 3 is 2.93 bits per heavy atom. The number of amides is 1. The van der Waals surface area contributed by atoms with E-state index < -0.39 is 11.9 Å². The van der Waals surface area contributed by atoms with Crippen molar-refractivity contribution in [2.24, 2.45) is 10.2 Å². The van der Waals surface area contributed by atoms with Crippen LogP contribution in [0.5, 0.6) is 5.75 Å². The average Bonchev–Trinajstić information content (AvgIpc) is 3.06. The van der Waals surface area contributed by atoms with Crippen molar-refractivity contribution in [1.29, 1.82) is 0 Å². The summed E-state index contributed by atoms with van der Waals surface area (Å²) in [5.74, 6) is 2.78. The monoisotopic (exact) mass is 383 g/mol. The maximum absolute atomic E-state index is 15.0. The second kappa shape index (κ2) is 6.51. The van der Waals surface area contributed by atoms with Crippen LogP contribution < -0.4 is 15.0 Å². The molecule has 146 valence electrons. The lowest BCUT2D eigenvalue weighted by Gasteiger charge is -2.39. The molecule has 0 saturated carbocycles. The minimum absolute atomic E-state index is 0.270. The van der Waals surface area contributed by atoms with Crippen LogP contribution in [0.15, 0.2) is 33.8 Å². The Kier molecular flexibility index (Phi) is 4.26. The number of fused-ring (bicyclic) bond motifs is 1. The number of rotatable bonds is 2. The number of nitrogens with one attached hydrogen (secondary N) is 1. The van der Waals surface area contributed by atoms with Crippen molar-refractivity contribution >= 4 is 11.6 Å². The predicted molar refractivity (Wildman–Crippen MR) is 102 cm³/mol. The molecule has 1 atom stereocenters. The first-order chi connectivity index (χ1) is 13.3. The van der Waals surface area contributed by atoms with Gasteiger partial charge in [0.05, 0.1) is 31.0 Å². The summed E-state index contributed by atoms with van der Waals surface area (Å²) < 4.78 is 20.5. The van der Waals surface area contributed by atoms with Gasteiger partial charge in [-0.2, -0.15) is 5.11 Å². The highest BCUT2D eigenvalue weighted by atomic mass is 19.1. The van der Waals surface area contributed by atoms with Gasteiger partial charge in [-0.15, -0.1) is 11.5 Å². The minimum Gasteiger partial charge on any atom is -0.489 e. The Morgan fingerprint density at radius 2 is 2.21 bits per heavy atom. The predicted octanol–water partition coefficient (Wildman–Crippen LogP) is 2.56. The zero-order valence-corrected chi connectivity index (χ0v) is 16.1. The second-order valence-corrected chi connectivity index (χ2v) is 7.93. The topological polar surface area (TPSA) is 69.5 Å². The molecule has 3 heterocycles. The Balaban J connectivity index is 1.79. The zero-order chi connectivity index (χ0) is 20.1. The van der Waals surface area contributed by atoms with E-state index in [2.05, 4.69) is 21.5 Å². The third-order valence-electron chi connectivity index (χ3n) is 5.10. The number of benzene rings is 1. The van der Waals surface area contributed by atoms with E-state index in [1.807, 2.05) is 30.6 Å². The van der Waals surface area contributed by atoms with Crippen LogP contribution in [0.4, 0.5) is 10.1 Å². The third-order valence-corrected chi connectivity index (χ3v) is 5.10. The molecule has 4 rings (SSSR count). The highest BCUT2D eigenvalue weighted by Gasteiger charge is 2.41. The molecule has 8 heteroatoms. The fraction of sp³-hybridized carbons (Fsp3) is 0.450. The quantitative estimate of drug-likeness (QED) is 0.797. The number of ether oxygens (including phenoxy) is 1. The van der Waals surface area contributed by atoms with E-state index in [-0.39, 0.29) is 17.0 Å². The van der Waals surface area contributed by atoms with Crippen LogP contribution in [0.2, 0.25) is 0 Å². The van der Waals surface area contributed by atoms with E-state index in [0.717, 1.165) is 0 Å². The van der Waals surface area contributed by atoms with Crippen LogP contribution >= 0.6 is 0 Å². The van der Waals surface area contributed by atoms with Gasteiger partial charge >= 0.3 is 0 Å². The zero-order valence-electron chi connectivity index (χ0n) is 16.1. The number of carbonyl (C=O) groups excluding carboxylic acids is 1. The third kappa shape index (κ3) is 2.87. The van der Waals surface area contributed by atoms with Crippen molar-refractivity contribution in [2.45, 2.75) is 32.4 Å². The van der Waals surface area contributed by atoms with Crippen molar-refractivity contribution in [3.63, 3.8) is 0 Å². The molecule has 0 spiro atoms. The molecule has 0 bridgehead atoms. The number of nitrogens with zero attached hydrogens (tertiary/aromatic N) is 4. The number of halogens is 1. The van der Waals surface area contributed by atoms with E-state index in [9.17, 15) is 9.18 Å². The maximum atomic E-state index is 15.0. The van der Waals surface area contributed by atoms with Gasteiger partial charge < -0.3 is 19.9 Å². The highest BCUT2D eigenvalue weighted by molar-refractivity contribution is 5.96. The lowest BCUT2D eigenvalue weighted by molar-refractivity contribution is -0.119. The number of anilines is 1. The SMILES string of the molecule is C#CCN1CCOc2cc(F)c(C3N=NC4=C3C(=O)NCN4C(C)(C)C)cc21. The molecule has 1 unspecified atom stereocenters. The van der Waals surface area contributed by atoms with E-state index in [1.165, 1.54) is 6.07 Å². The summed E-state index contributed by atoms with van der Waals surface area (Å²) in [5.41, 5.74) is 1.08. The van der Waals surface area contributed by atoms with Crippen LogP contribution in [0.1, 0.15) is 32.4 Å².